The standard InChI is InChI=1S/C32H35N5O3S2/c1-22-18-23(2)34-31(33-22)42-21-29(38)37(19-28-36-27(20-41-28)24-10-6-4-7-11-24)32(16-8-5-9-17-32)30(39)35-25-12-14-26(40-3)15-13-25/h4,6-7,10-15,18,20H,5,8-9,16-17,19,21H2,1-3H3,(H,35,39). The third kappa shape index (κ3) is 6.99. The Morgan fingerprint density at radius 2 is 1.67 bits per heavy atom. The summed E-state index contributed by atoms with van der Waals surface area (Å²) in [4.78, 5) is 44.0. The van der Waals surface area contributed by atoms with Gasteiger partial charge in [-0.15, -0.1) is 11.3 Å². The van der Waals surface area contributed by atoms with Crippen molar-refractivity contribution in [1.29, 1.82) is 0 Å². The maximum Gasteiger partial charge on any atom is 0.250 e. The summed E-state index contributed by atoms with van der Waals surface area (Å²) in [6.07, 6.45) is 3.92. The molecule has 1 N–H and O–H groups in total. The quantitative estimate of drug-likeness (QED) is 0.160. The number of methoxy groups -OCH3 is 1. The monoisotopic (exact) mass is 601 g/mol. The molecule has 0 bridgehead atoms. The minimum Gasteiger partial charge on any atom is -0.497 e. The van der Waals surface area contributed by atoms with Crippen molar-refractivity contribution in [3.8, 4) is 17.0 Å². The molecule has 0 atom stereocenters. The average Bonchev–Trinajstić information content (AvgIpc) is 3.48. The van der Waals surface area contributed by atoms with Crippen LogP contribution in [0.1, 0.15) is 48.5 Å². The highest BCUT2D eigenvalue weighted by atomic mass is 32.2. The Bertz CT molecular complexity index is 1500. The molecule has 2 amide bonds. The lowest BCUT2D eigenvalue weighted by Crippen LogP contribution is -2.60. The lowest BCUT2D eigenvalue weighted by atomic mass is 9.79. The van der Waals surface area contributed by atoms with Crippen molar-refractivity contribution in [3.05, 3.63) is 82.4 Å². The number of aromatic nitrogens is 3. The highest BCUT2D eigenvalue weighted by molar-refractivity contribution is 7.99. The van der Waals surface area contributed by atoms with Gasteiger partial charge in [0.25, 0.3) is 0 Å². The first-order valence-corrected chi connectivity index (χ1v) is 15.9. The number of rotatable bonds is 10. The number of nitrogens with one attached hydrogen (secondary N) is 1. The number of thiazole rings is 1. The first-order valence-electron chi connectivity index (χ1n) is 14.1. The van der Waals surface area contributed by atoms with E-state index < -0.39 is 5.54 Å². The third-order valence-electron chi connectivity index (χ3n) is 7.47. The van der Waals surface area contributed by atoms with Crippen LogP contribution >= 0.6 is 23.1 Å². The Morgan fingerprint density at radius 3 is 2.33 bits per heavy atom. The number of aryl methyl sites for hydroxylation is 2. The molecular weight excluding hydrogens is 567 g/mol. The summed E-state index contributed by atoms with van der Waals surface area (Å²) in [7, 11) is 1.61. The highest BCUT2D eigenvalue weighted by Crippen LogP contribution is 2.38. The molecule has 10 heteroatoms. The third-order valence-corrected chi connectivity index (χ3v) is 9.14. The van der Waals surface area contributed by atoms with Crippen molar-refractivity contribution in [1.82, 2.24) is 19.9 Å². The summed E-state index contributed by atoms with van der Waals surface area (Å²) >= 11 is 2.81. The largest absolute Gasteiger partial charge is 0.497 e. The number of thioether (sulfide) groups is 1. The minimum atomic E-state index is -1.00. The van der Waals surface area contributed by atoms with E-state index in [0.29, 0.717) is 29.4 Å². The normalized spacial score (nSPS) is 14.3. The van der Waals surface area contributed by atoms with Crippen LogP contribution in [0.15, 0.2) is 71.2 Å². The molecule has 42 heavy (non-hydrogen) atoms. The molecule has 1 fully saturated rings. The fourth-order valence-electron chi connectivity index (χ4n) is 5.38. The fourth-order valence-corrected chi connectivity index (χ4v) is 7.00. The zero-order valence-electron chi connectivity index (χ0n) is 24.1. The van der Waals surface area contributed by atoms with Crippen molar-refractivity contribution in [3.63, 3.8) is 0 Å². The number of amides is 2. The minimum absolute atomic E-state index is 0.122. The molecule has 0 unspecified atom stereocenters. The van der Waals surface area contributed by atoms with E-state index >= 15 is 0 Å². The van der Waals surface area contributed by atoms with E-state index in [1.165, 1.54) is 23.1 Å². The van der Waals surface area contributed by atoms with Crippen LogP contribution in [-0.4, -0.2) is 50.1 Å². The number of ether oxygens (including phenoxy) is 1. The first kappa shape index (κ1) is 29.7. The molecule has 218 valence electrons. The number of nitrogens with zero attached hydrogens (tertiary/aromatic N) is 4. The zero-order chi connectivity index (χ0) is 29.5. The molecule has 2 aromatic carbocycles. The Labute approximate surface area is 255 Å². The van der Waals surface area contributed by atoms with E-state index in [1.54, 1.807) is 12.0 Å². The molecule has 8 nitrogen and oxygen atoms in total. The van der Waals surface area contributed by atoms with Gasteiger partial charge in [0.1, 0.15) is 16.3 Å². The van der Waals surface area contributed by atoms with Gasteiger partial charge in [0.05, 0.1) is 25.1 Å². The van der Waals surface area contributed by atoms with Crippen molar-refractivity contribution >= 4 is 40.6 Å². The number of anilines is 1. The second-order valence-corrected chi connectivity index (χ2v) is 12.4. The number of carbonyl (C=O) groups excluding carboxylic acids is 2. The maximum atomic E-state index is 14.2. The summed E-state index contributed by atoms with van der Waals surface area (Å²) in [6, 6.07) is 19.2. The molecular formula is C32H35N5O3S2. The molecule has 2 heterocycles. The molecule has 0 saturated heterocycles. The van der Waals surface area contributed by atoms with Crippen molar-refractivity contribution in [2.75, 3.05) is 18.2 Å². The fraction of sp³-hybridized carbons (Fsp3) is 0.344. The molecule has 0 aliphatic heterocycles. The molecule has 2 aromatic heterocycles. The topological polar surface area (TPSA) is 97.3 Å². The van der Waals surface area contributed by atoms with Gasteiger partial charge in [-0.1, -0.05) is 61.4 Å². The van der Waals surface area contributed by atoms with Crippen LogP contribution in [0, 0.1) is 13.8 Å². The Kier molecular flexibility index (Phi) is 9.54. The van der Waals surface area contributed by atoms with Crippen molar-refractivity contribution in [2.45, 2.75) is 63.2 Å². The zero-order valence-corrected chi connectivity index (χ0v) is 25.8. The lowest BCUT2D eigenvalue weighted by Gasteiger charge is -2.44. The summed E-state index contributed by atoms with van der Waals surface area (Å²) in [6.45, 7) is 4.08. The summed E-state index contributed by atoms with van der Waals surface area (Å²) in [5, 5.41) is 6.46. The van der Waals surface area contributed by atoms with E-state index in [-0.39, 0.29) is 24.1 Å². The maximum absolute atomic E-state index is 14.2. The van der Waals surface area contributed by atoms with Gasteiger partial charge in [-0.2, -0.15) is 0 Å². The predicted octanol–water partition coefficient (Wildman–Crippen LogP) is 6.69. The van der Waals surface area contributed by atoms with Gasteiger partial charge in [-0.05, 0) is 57.0 Å². The van der Waals surface area contributed by atoms with Crippen LogP contribution in [0.25, 0.3) is 11.3 Å². The first-order chi connectivity index (χ1) is 20.4. The van der Waals surface area contributed by atoms with E-state index in [2.05, 4.69) is 15.3 Å². The van der Waals surface area contributed by atoms with Crippen LogP contribution in [0.2, 0.25) is 0 Å². The van der Waals surface area contributed by atoms with Crippen molar-refractivity contribution in [2.24, 2.45) is 0 Å². The molecule has 1 saturated carbocycles. The second kappa shape index (κ2) is 13.5. The summed E-state index contributed by atoms with van der Waals surface area (Å²) < 4.78 is 5.27. The van der Waals surface area contributed by atoms with Gasteiger partial charge in [-0.3, -0.25) is 9.59 Å². The molecule has 0 spiro atoms. The van der Waals surface area contributed by atoms with Gasteiger partial charge in [0.15, 0.2) is 5.16 Å². The van der Waals surface area contributed by atoms with Crippen molar-refractivity contribution < 1.29 is 14.3 Å². The molecule has 4 aromatic rings. The van der Waals surface area contributed by atoms with Gasteiger partial charge < -0.3 is 15.0 Å². The molecule has 0 radical (unpaired) electrons. The van der Waals surface area contributed by atoms with Gasteiger partial charge >= 0.3 is 0 Å². The van der Waals surface area contributed by atoms with E-state index in [0.717, 1.165) is 46.9 Å². The van der Waals surface area contributed by atoms with Gasteiger partial charge in [0, 0.05) is 28.0 Å². The van der Waals surface area contributed by atoms with E-state index in [1.807, 2.05) is 79.9 Å². The highest BCUT2D eigenvalue weighted by Gasteiger charge is 2.47. The van der Waals surface area contributed by atoms with Gasteiger partial charge in [0.2, 0.25) is 11.8 Å². The number of benzene rings is 2. The summed E-state index contributed by atoms with van der Waals surface area (Å²) in [5.74, 6) is 0.525. The molecule has 1 aliphatic carbocycles. The lowest BCUT2D eigenvalue weighted by molar-refractivity contribution is -0.146. The van der Waals surface area contributed by atoms with Crippen LogP contribution in [0.4, 0.5) is 5.69 Å². The molecule has 5 rings (SSSR count). The number of hydrogen-bond acceptors (Lipinski definition) is 8. The smallest absolute Gasteiger partial charge is 0.250 e. The van der Waals surface area contributed by atoms with Crippen LogP contribution in [0.3, 0.4) is 0 Å². The summed E-state index contributed by atoms with van der Waals surface area (Å²) in [5.41, 5.74) is 3.25. The SMILES string of the molecule is COc1ccc(NC(=O)C2(N(Cc3nc(-c4ccccc4)cs3)C(=O)CSc3nc(C)cc(C)n3)CCCCC2)cc1. The number of carbonyl (C=O) groups is 2. The average molecular weight is 602 g/mol. The van der Waals surface area contributed by atoms with Gasteiger partial charge in [-0.25, -0.2) is 15.0 Å². The number of hydrogen-bond donors (Lipinski definition) is 1. The Hall–Kier alpha value is -3.76. The predicted molar refractivity (Wildman–Crippen MR) is 168 cm³/mol. The molecule has 1 aliphatic rings. The van der Waals surface area contributed by atoms with Crippen LogP contribution < -0.4 is 10.1 Å². The van der Waals surface area contributed by atoms with E-state index in [4.69, 9.17) is 9.72 Å². The van der Waals surface area contributed by atoms with Crippen LogP contribution in [0.5, 0.6) is 5.75 Å². The second-order valence-electron chi connectivity index (χ2n) is 10.5. The Balaban J connectivity index is 1.46. The van der Waals surface area contributed by atoms with E-state index in [9.17, 15) is 9.59 Å². The Morgan fingerprint density at radius 1 is 0.976 bits per heavy atom. The van der Waals surface area contributed by atoms with Crippen LogP contribution in [-0.2, 0) is 16.1 Å².